The normalized spacial score (nSPS) is 14.9. The minimum absolute atomic E-state index is 0. The fourth-order valence-corrected chi connectivity index (χ4v) is 1.46. The first-order valence-corrected chi connectivity index (χ1v) is 4.88. The van der Waals surface area contributed by atoms with Crippen LogP contribution in [0, 0.1) is 6.92 Å². The SMILES string of the molecule is Cc1ccccc1[C@H](O)C[C@@H](N)C(F)(F)F.Cl. The van der Waals surface area contributed by atoms with Crippen molar-refractivity contribution in [2.75, 3.05) is 0 Å². The van der Waals surface area contributed by atoms with Gasteiger partial charge in [0.05, 0.1) is 6.10 Å². The molecule has 6 heteroatoms. The Labute approximate surface area is 104 Å². The van der Waals surface area contributed by atoms with E-state index in [2.05, 4.69) is 0 Å². The van der Waals surface area contributed by atoms with Crippen molar-refractivity contribution >= 4 is 12.4 Å². The number of nitrogens with two attached hydrogens (primary N) is 1. The Morgan fingerprint density at radius 2 is 1.82 bits per heavy atom. The van der Waals surface area contributed by atoms with Crippen molar-refractivity contribution in [3.05, 3.63) is 35.4 Å². The standard InChI is InChI=1S/C11H14F3NO.ClH/c1-7-4-2-3-5-8(7)9(16)6-10(15)11(12,13)14;/h2-5,9-10,16H,6,15H2,1H3;1H/t9-,10-;/m1./s1. The predicted octanol–water partition coefficient (Wildman–Crippen LogP) is 2.73. The molecule has 0 spiro atoms. The first-order valence-electron chi connectivity index (χ1n) is 4.88. The van der Waals surface area contributed by atoms with Crippen LogP contribution in [-0.2, 0) is 0 Å². The third kappa shape index (κ3) is 4.53. The third-order valence-electron chi connectivity index (χ3n) is 2.45. The number of aliphatic hydroxyl groups is 1. The zero-order valence-electron chi connectivity index (χ0n) is 9.24. The lowest BCUT2D eigenvalue weighted by Gasteiger charge is -2.20. The second kappa shape index (κ2) is 6.23. The van der Waals surface area contributed by atoms with Crippen molar-refractivity contribution in [2.24, 2.45) is 5.73 Å². The van der Waals surface area contributed by atoms with Gasteiger partial charge in [-0.3, -0.25) is 0 Å². The Morgan fingerprint density at radius 1 is 1.29 bits per heavy atom. The fraction of sp³-hybridized carbons (Fsp3) is 0.455. The summed E-state index contributed by atoms with van der Waals surface area (Å²) in [5.74, 6) is 0. The molecule has 0 radical (unpaired) electrons. The average molecular weight is 270 g/mol. The number of alkyl halides is 3. The van der Waals surface area contributed by atoms with E-state index in [0.29, 0.717) is 5.56 Å². The van der Waals surface area contributed by atoms with Crippen LogP contribution >= 0.6 is 12.4 Å². The second-order valence-corrected chi connectivity index (χ2v) is 3.76. The van der Waals surface area contributed by atoms with Gasteiger partial charge in [0.1, 0.15) is 6.04 Å². The molecule has 1 rings (SSSR count). The van der Waals surface area contributed by atoms with Crippen molar-refractivity contribution in [1.82, 2.24) is 0 Å². The van der Waals surface area contributed by atoms with Gasteiger partial charge >= 0.3 is 6.18 Å². The third-order valence-corrected chi connectivity index (χ3v) is 2.45. The summed E-state index contributed by atoms with van der Waals surface area (Å²) in [7, 11) is 0. The lowest BCUT2D eigenvalue weighted by atomic mass is 9.98. The Balaban J connectivity index is 0.00000256. The Morgan fingerprint density at radius 3 is 2.29 bits per heavy atom. The molecule has 0 fully saturated rings. The van der Waals surface area contributed by atoms with Crippen molar-refractivity contribution in [3.63, 3.8) is 0 Å². The van der Waals surface area contributed by atoms with Gasteiger partial charge in [-0.15, -0.1) is 12.4 Å². The molecule has 2 nitrogen and oxygen atoms in total. The van der Waals surface area contributed by atoms with E-state index in [1.807, 2.05) is 0 Å². The van der Waals surface area contributed by atoms with Crippen molar-refractivity contribution in [2.45, 2.75) is 31.7 Å². The first kappa shape index (κ1) is 16.2. The quantitative estimate of drug-likeness (QED) is 0.886. The molecule has 0 unspecified atom stereocenters. The number of aliphatic hydroxyl groups excluding tert-OH is 1. The maximum atomic E-state index is 12.2. The molecule has 1 aromatic rings. The highest BCUT2D eigenvalue weighted by Crippen LogP contribution is 2.27. The van der Waals surface area contributed by atoms with E-state index in [0.717, 1.165) is 5.56 Å². The molecule has 0 aliphatic carbocycles. The zero-order valence-corrected chi connectivity index (χ0v) is 10.1. The summed E-state index contributed by atoms with van der Waals surface area (Å²) in [6, 6.07) is 4.77. The molecule has 0 saturated heterocycles. The van der Waals surface area contributed by atoms with Crippen LogP contribution in [0.25, 0.3) is 0 Å². The molecule has 0 amide bonds. The highest BCUT2D eigenvalue weighted by atomic mass is 35.5. The molecule has 98 valence electrons. The van der Waals surface area contributed by atoms with Crippen LogP contribution in [-0.4, -0.2) is 17.3 Å². The number of benzene rings is 1. The average Bonchev–Trinajstić information content (AvgIpc) is 2.16. The minimum Gasteiger partial charge on any atom is -0.388 e. The van der Waals surface area contributed by atoms with Gasteiger partial charge in [-0.25, -0.2) is 0 Å². The topological polar surface area (TPSA) is 46.2 Å². The van der Waals surface area contributed by atoms with E-state index in [9.17, 15) is 18.3 Å². The zero-order chi connectivity index (χ0) is 12.3. The molecule has 0 aliphatic heterocycles. The molecular weight excluding hydrogens is 255 g/mol. The number of hydrogen-bond donors (Lipinski definition) is 2. The molecule has 0 saturated carbocycles. The Hall–Kier alpha value is -0.780. The van der Waals surface area contributed by atoms with E-state index < -0.39 is 24.7 Å². The Bertz CT molecular complexity index is 357. The summed E-state index contributed by atoms with van der Waals surface area (Å²) in [6.45, 7) is 1.73. The molecule has 1 aromatic carbocycles. The summed E-state index contributed by atoms with van der Waals surface area (Å²) in [4.78, 5) is 0. The van der Waals surface area contributed by atoms with E-state index in [4.69, 9.17) is 5.73 Å². The van der Waals surface area contributed by atoms with Crippen LogP contribution < -0.4 is 5.73 Å². The predicted molar refractivity (Wildman–Crippen MR) is 62.0 cm³/mol. The van der Waals surface area contributed by atoms with E-state index in [1.54, 1.807) is 31.2 Å². The second-order valence-electron chi connectivity index (χ2n) is 3.76. The van der Waals surface area contributed by atoms with Crippen LogP contribution in [0.5, 0.6) is 0 Å². The molecular formula is C11H15ClF3NO. The summed E-state index contributed by atoms with van der Waals surface area (Å²) >= 11 is 0. The molecule has 0 aliphatic rings. The molecule has 0 aromatic heterocycles. The van der Waals surface area contributed by atoms with Crippen molar-refractivity contribution in [1.29, 1.82) is 0 Å². The van der Waals surface area contributed by atoms with Gasteiger partial charge in [-0.2, -0.15) is 13.2 Å². The van der Waals surface area contributed by atoms with Gasteiger partial charge in [-0.1, -0.05) is 24.3 Å². The van der Waals surface area contributed by atoms with Crippen molar-refractivity contribution in [3.8, 4) is 0 Å². The van der Waals surface area contributed by atoms with Gasteiger partial charge in [0.2, 0.25) is 0 Å². The van der Waals surface area contributed by atoms with Crippen LogP contribution in [0.3, 0.4) is 0 Å². The van der Waals surface area contributed by atoms with E-state index in [-0.39, 0.29) is 12.4 Å². The molecule has 3 N–H and O–H groups in total. The van der Waals surface area contributed by atoms with Gasteiger partial charge < -0.3 is 10.8 Å². The minimum atomic E-state index is -4.47. The van der Waals surface area contributed by atoms with Crippen LogP contribution in [0.4, 0.5) is 13.2 Å². The molecule has 0 bridgehead atoms. The number of hydrogen-bond acceptors (Lipinski definition) is 2. The number of rotatable bonds is 3. The van der Waals surface area contributed by atoms with Gasteiger partial charge in [0.15, 0.2) is 0 Å². The summed E-state index contributed by atoms with van der Waals surface area (Å²) in [6.07, 6.45) is -6.17. The maximum absolute atomic E-state index is 12.2. The lowest BCUT2D eigenvalue weighted by molar-refractivity contribution is -0.153. The van der Waals surface area contributed by atoms with Crippen LogP contribution in [0.1, 0.15) is 23.7 Å². The summed E-state index contributed by atoms with van der Waals surface area (Å²) in [5, 5.41) is 9.66. The smallest absolute Gasteiger partial charge is 0.388 e. The van der Waals surface area contributed by atoms with E-state index >= 15 is 0 Å². The number of halogens is 4. The fourth-order valence-electron chi connectivity index (χ4n) is 1.46. The van der Waals surface area contributed by atoms with E-state index in [1.165, 1.54) is 0 Å². The Kier molecular flexibility index (Phi) is 5.95. The highest BCUT2D eigenvalue weighted by Gasteiger charge is 2.38. The maximum Gasteiger partial charge on any atom is 0.403 e. The van der Waals surface area contributed by atoms with Crippen LogP contribution in [0.2, 0.25) is 0 Å². The van der Waals surface area contributed by atoms with Gasteiger partial charge in [0, 0.05) is 6.42 Å². The first-order chi connectivity index (χ1) is 7.32. The van der Waals surface area contributed by atoms with Crippen molar-refractivity contribution < 1.29 is 18.3 Å². The molecule has 2 atom stereocenters. The highest BCUT2D eigenvalue weighted by molar-refractivity contribution is 5.85. The van der Waals surface area contributed by atoms with Crippen LogP contribution in [0.15, 0.2) is 24.3 Å². The summed E-state index contributed by atoms with van der Waals surface area (Å²) in [5.41, 5.74) is 6.20. The summed E-state index contributed by atoms with van der Waals surface area (Å²) < 4.78 is 36.6. The molecule has 17 heavy (non-hydrogen) atoms. The van der Waals surface area contributed by atoms with Gasteiger partial charge in [-0.05, 0) is 18.1 Å². The van der Waals surface area contributed by atoms with Gasteiger partial charge in [0.25, 0.3) is 0 Å². The monoisotopic (exact) mass is 269 g/mol. The largest absolute Gasteiger partial charge is 0.403 e. The lowest BCUT2D eigenvalue weighted by Crippen LogP contribution is -2.38. The molecule has 0 heterocycles. The number of aryl methyl sites for hydroxylation is 1.